The van der Waals surface area contributed by atoms with Crippen molar-refractivity contribution in [2.75, 3.05) is 12.0 Å². The van der Waals surface area contributed by atoms with Gasteiger partial charge in [0.2, 0.25) is 12.3 Å². The van der Waals surface area contributed by atoms with Gasteiger partial charge in [0.15, 0.2) is 0 Å². The standard InChI is InChI=1S/C20H21NO3/c1-14-10-11-18(19(12-14)21(13-22)16(3)23)15(2)20(24-4)17-8-6-5-7-9-17/h5-13H,1-4H3/b20-15-. The maximum absolute atomic E-state index is 11.8. The number of nitrogens with zero attached hydrogens (tertiary/aromatic N) is 1. The lowest BCUT2D eigenvalue weighted by atomic mass is 9.98. The van der Waals surface area contributed by atoms with E-state index in [-0.39, 0.29) is 5.91 Å². The third-order valence-electron chi connectivity index (χ3n) is 3.84. The highest BCUT2D eigenvalue weighted by molar-refractivity contribution is 6.08. The molecule has 0 atom stereocenters. The van der Waals surface area contributed by atoms with E-state index in [9.17, 15) is 9.59 Å². The van der Waals surface area contributed by atoms with Crippen LogP contribution in [0.15, 0.2) is 48.5 Å². The summed E-state index contributed by atoms with van der Waals surface area (Å²) in [6, 6.07) is 15.4. The van der Waals surface area contributed by atoms with Gasteiger partial charge in [-0.15, -0.1) is 0 Å². The number of anilines is 1. The molecule has 0 radical (unpaired) electrons. The van der Waals surface area contributed by atoms with Crippen LogP contribution in [0.25, 0.3) is 11.3 Å². The van der Waals surface area contributed by atoms with Crippen LogP contribution in [0.1, 0.15) is 30.5 Å². The number of rotatable bonds is 5. The minimum absolute atomic E-state index is 0.330. The molecule has 0 aromatic heterocycles. The molecular formula is C20H21NO3. The number of hydrogen-bond acceptors (Lipinski definition) is 3. The number of ether oxygens (including phenoxy) is 1. The Hall–Kier alpha value is -2.88. The van der Waals surface area contributed by atoms with E-state index in [0.717, 1.165) is 27.2 Å². The fourth-order valence-electron chi connectivity index (χ4n) is 2.66. The molecule has 0 heterocycles. The number of allylic oxidation sites excluding steroid dienone is 1. The summed E-state index contributed by atoms with van der Waals surface area (Å²) < 4.78 is 5.60. The Morgan fingerprint density at radius 1 is 1.08 bits per heavy atom. The van der Waals surface area contributed by atoms with Crippen LogP contribution in [0.4, 0.5) is 5.69 Å². The molecule has 4 heteroatoms. The number of methoxy groups -OCH3 is 1. The summed E-state index contributed by atoms with van der Waals surface area (Å²) in [6.45, 7) is 5.21. The number of carbonyl (C=O) groups is 2. The van der Waals surface area contributed by atoms with E-state index in [1.165, 1.54) is 6.92 Å². The van der Waals surface area contributed by atoms with E-state index in [4.69, 9.17) is 4.74 Å². The fourth-order valence-corrected chi connectivity index (χ4v) is 2.66. The maximum atomic E-state index is 11.8. The molecule has 0 bridgehead atoms. The zero-order chi connectivity index (χ0) is 17.7. The Morgan fingerprint density at radius 2 is 1.75 bits per heavy atom. The second-order valence-corrected chi connectivity index (χ2v) is 5.54. The molecule has 0 fully saturated rings. The summed E-state index contributed by atoms with van der Waals surface area (Å²) in [5.74, 6) is 0.374. The molecule has 24 heavy (non-hydrogen) atoms. The highest BCUT2D eigenvalue weighted by Crippen LogP contribution is 2.33. The quantitative estimate of drug-likeness (QED) is 0.474. The van der Waals surface area contributed by atoms with Crippen LogP contribution in [0.3, 0.4) is 0 Å². The van der Waals surface area contributed by atoms with Gasteiger partial charge in [0, 0.05) is 23.6 Å². The lowest BCUT2D eigenvalue weighted by Gasteiger charge is -2.20. The van der Waals surface area contributed by atoms with Crippen LogP contribution in [0.2, 0.25) is 0 Å². The van der Waals surface area contributed by atoms with E-state index in [2.05, 4.69) is 0 Å². The Morgan fingerprint density at radius 3 is 2.29 bits per heavy atom. The normalized spacial score (nSPS) is 11.5. The van der Waals surface area contributed by atoms with Crippen LogP contribution >= 0.6 is 0 Å². The smallest absolute Gasteiger partial charge is 0.230 e. The highest BCUT2D eigenvalue weighted by atomic mass is 16.5. The van der Waals surface area contributed by atoms with Gasteiger partial charge in [0.25, 0.3) is 0 Å². The van der Waals surface area contributed by atoms with Crippen molar-refractivity contribution < 1.29 is 14.3 Å². The molecule has 124 valence electrons. The molecule has 0 unspecified atom stereocenters. The summed E-state index contributed by atoms with van der Waals surface area (Å²) in [5.41, 5.74) is 4.09. The average Bonchev–Trinajstić information content (AvgIpc) is 2.57. The summed E-state index contributed by atoms with van der Waals surface area (Å²) in [5, 5.41) is 0. The summed E-state index contributed by atoms with van der Waals surface area (Å²) in [4.78, 5) is 24.3. The lowest BCUT2D eigenvalue weighted by Crippen LogP contribution is -2.27. The van der Waals surface area contributed by atoms with Crippen LogP contribution in [0, 0.1) is 6.92 Å². The van der Waals surface area contributed by atoms with Crippen LogP contribution in [-0.2, 0) is 14.3 Å². The molecule has 2 aromatic rings. The number of carbonyl (C=O) groups excluding carboxylic acids is 2. The average molecular weight is 323 g/mol. The van der Waals surface area contributed by atoms with Crippen molar-refractivity contribution in [1.29, 1.82) is 0 Å². The van der Waals surface area contributed by atoms with Crippen molar-refractivity contribution in [3.05, 3.63) is 65.2 Å². The molecule has 0 saturated carbocycles. The topological polar surface area (TPSA) is 46.6 Å². The molecule has 2 rings (SSSR count). The van der Waals surface area contributed by atoms with Gasteiger partial charge in [0.1, 0.15) is 5.76 Å². The molecule has 2 amide bonds. The molecule has 0 aliphatic carbocycles. The number of hydrogen-bond donors (Lipinski definition) is 0. The van der Waals surface area contributed by atoms with Gasteiger partial charge in [-0.1, -0.05) is 42.5 Å². The van der Waals surface area contributed by atoms with Crippen molar-refractivity contribution in [2.45, 2.75) is 20.8 Å². The van der Waals surface area contributed by atoms with Crippen LogP contribution < -0.4 is 4.90 Å². The first-order chi connectivity index (χ1) is 11.5. The molecular weight excluding hydrogens is 302 g/mol. The zero-order valence-corrected chi connectivity index (χ0v) is 14.4. The molecule has 4 nitrogen and oxygen atoms in total. The van der Waals surface area contributed by atoms with Gasteiger partial charge in [-0.05, 0) is 25.5 Å². The SMILES string of the molecule is CO/C(=C(/C)c1ccc(C)cc1N(C=O)C(C)=O)c1ccccc1. The first-order valence-electron chi connectivity index (χ1n) is 7.66. The Balaban J connectivity index is 2.68. The minimum atomic E-state index is -0.330. The third kappa shape index (κ3) is 3.54. The van der Waals surface area contributed by atoms with E-state index >= 15 is 0 Å². The zero-order valence-electron chi connectivity index (χ0n) is 14.4. The van der Waals surface area contributed by atoms with Crippen LogP contribution in [-0.4, -0.2) is 19.4 Å². The van der Waals surface area contributed by atoms with Gasteiger partial charge in [-0.2, -0.15) is 0 Å². The Labute approximate surface area is 142 Å². The lowest BCUT2D eigenvalue weighted by molar-refractivity contribution is -0.120. The Bertz CT molecular complexity index is 779. The Kier molecular flexibility index (Phi) is 5.53. The van der Waals surface area contributed by atoms with Crippen molar-refractivity contribution in [1.82, 2.24) is 0 Å². The largest absolute Gasteiger partial charge is 0.496 e. The molecule has 0 N–H and O–H groups in total. The van der Waals surface area contributed by atoms with E-state index in [1.54, 1.807) is 7.11 Å². The minimum Gasteiger partial charge on any atom is -0.496 e. The molecule has 0 saturated heterocycles. The molecule has 0 aliphatic rings. The summed E-state index contributed by atoms with van der Waals surface area (Å²) >= 11 is 0. The van der Waals surface area contributed by atoms with E-state index < -0.39 is 0 Å². The van der Waals surface area contributed by atoms with Gasteiger partial charge >= 0.3 is 0 Å². The van der Waals surface area contributed by atoms with E-state index in [0.29, 0.717) is 17.9 Å². The first kappa shape index (κ1) is 17.5. The monoisotopic (exact) mass is 323 g/mol. The van der Waals surface area contributed by atoms with Crippen molar-refractivity contribution in [3.8, 4) is 0 Å². The third-order valence-corrected chi connectivity index (χ3v) is 3.84. The number of aryl methyl sites for hydroxylation is 1. The molecule has 2 aromatic carbocycles. The summed E-state index contributed by atoms with van der Waals surface area (Å²) in [7, 11) is 1.61. The van der Waals surface area contributed by atoms with Gasteiger partial charge in [-0.25, -0.2) is 0 Å². The second kappa shape index (κ2) is 7.59. The molecule has 0 spiro atoms. The predicted molar refractivity (Wildman–Crippen MR) is 96.3 cm³/mol. The van der Waals surface area contributed by atoms with Gasteiger partial charge in [0.05, 0.1) is 12.8 Å². The predicted octanol–water partition coefficient (Wildman–Crippen LogP) is 4.04. The fraction of sp³-hybridized carbons (Fsp3) is 0.200. The van der Waals surface area contributed by atoms with Crippen molar-refractivity contribution >= 4 is 29.3 Å². The highest BCUT2D eigenvalue weighted by Gasteiger charge is 2.18. The summed E-state index contributed by atoms with van der Waals surface area (Å²) in [6.07, 6.45) is 0.545. The van der Waals surface area contributed by atoms with Crippen molar-refractivity contribution in [3.63, 3.8) is 0 Å². The molecule has 0 aliphatic heterocycles. The number of benzene rings is 2. The number of amides is 2. The van der Waals surface area contributed by atoms with Crippen LogP contribution in [0.5, 0.6) is 0 Å². The van der Waals surface area contributed by atoms with Gasteiger partial charge in [-0.3, -0.25) is 14.5 Å². The first-order valence-corrected chi connectivity index (χ1v) is 7.66. The van der Waals surface area contributed by atoms with E-state index in [1.807, 2.05) is 62.4 Å². The second-order valence-electron chi connectivity index (χ2n) is 5.54. The number of imide groups is 1. The van der Waals surface area contributed by atoms with Gasteiger partial charge < -0.3 is 4.74 Å². The van der Waals surface area contributed by atoms with Crippen molar-refractivity contribution in [2.24, 2.45) is 0 Å². The maximum Gasteiger partial charge on any atom is 0.230 e.